The number of rotatable bonds is 7. The summed E-state index contributed by atoms with van der Waals surface area (Å²) in [7, 11) is 0. The van der Waals surface area contributed by atoms with Gasteiger partial charge in [-0.2, -0.15) is 0 Å². The van der Waals surface area contributed by atoms with Crippen molar-refractivity contribution in [3.8, 4) is 0 Å². The van der Waals surface area contributed by atoms with Crippen LogP contribution in [0, 0.1) is 11.6 Å². The average molecular weight is 413 g/mol. The van der Waals surface area contributed by atoms with Crippen molar-refractivity contribution in [2.75, 3.05) is 11.9 Å². The van der Waals surface area contributed by atoms with Crippen LogP contribution in [0.15, 0.2) is 83.8 Å². The Hall–Kier alpha value is -3.19. The number of carbonyl (C=O) groups excluding carboxylic acids is 2. The maximum absolute atomic E-state index is 13.6. The SMILES string of the molecule is O=C(COC(=O)[C@@H](Sc1ccccc1)c1ccccc1)Nc1cc(F)ccc1F. The quantitative estimate of drug-likeness (QED) is 0.438. The zero-order valence-corrected chi connectivity index (χ0v) is 16.0. The van der Waals surface area contributed by atoms with Crippen LogP contribution >= 0.6 is 11.8 Å². The van der Waals surface area contributed by atoms with Gasteiger partial charge >= 0.3 is 5.97 Å². The van der Waals surface area contributed by atoms with Crippen LogP contribution in [-0.4, -0.2) is 18.5 Å². The Morgan fingerprint density at radius 3 is 2.28 bits per heavy atom. The van der Waals surface area contributed by atoms with E-state index in [2.05, 4.69) is 5.32 Å². The number of hydrogen-bond donors (Lipinski definition) is 1. The number of esters is 1. The van der Waals surface area contributed by atoms with Crippen LogP contribution in [0.2, 0.25) is 0 Å². The third-order valence-corrected chi connectivity index (χ3v) is 5.11. The molecule has 0 aliphatic rings. The van der Waals surface area contributed by atoms with E-state index in [0.717, 1.165) is 28.7 Å². The predicted molar refractivity (Wildman–Crippen MR) is 107 cm³/mol. The Morgan fingerprint density at radius 2 is 1.59 bits per heavy atom. The summed E-state index contributed by atoms with van der Waals surface area (Å²) in [5.41, 5.74) is 0.409. The molecule has 0 aromatic heterocycles. The lowest BCUT2D eigenvalue weighted by molar-refractivity contribution is -0.146. The third-order valence-electron chi connectivity index (χ3n) is 3.86. The Bertz CT molecular complexity index is 984. The summed E-state index contributed by atoms with van der Waals surface area (Å²) in [6, 6.07) is 21.1. The van der Waals surface area contributed by atoms with E-state index in [0.29, 0.717) is 0 Å². The molecule has 7 heteroatoms. The van der Waals surface area contributed by atoms with Crippen molar-refractivity contribution in [3.05, 3.63) is 96.1 Å². The van der Waals surface area contributed by atoms with E-state index in [4.69, 9.17) is 4.74 Å². The standard InChI is InChI=1S/C22H17F2NO3S/c23-16-11-12-18(24)19(13-16)25-20(26)14-28-22(27)21(15-7-3-1-4-8-15)29-17-9-5-2-6-10-17/h1-13,21H,14H2,(H,25,26)/t21-/m0/s1. The molecule has 0 bridgehead atoms. The first-order valence-corrected chi connectivity index (χ1v) is 9.59. The van der Waals surface area contributed by atoms with E-state index in [1.165, 1.54) is 11.8 Å². The molecule has 4 nitrogen and oxygen atoms in total. The average Bonchev–Trinajstić information content (AvgIpc) is 2.74. The molecule has 148 valence electrons. The van der Waals surface area contributed by atoms with Crippen molar-refractivity contribution >= 4 is 29.3 Å². The van der Waals surface area contributed by atoms with E-state index in [-0.39, 0.29) is 5.69 Å². The summed E-state index contributed by atoms with van der Waals surface area (Å²) in [6.45, 7) is -0.618. The number of benzene rings is 3. The number of carbonyl (C=O) groups is 2. The molecule has 1 N–H and O–H groups in total. The van der Waals surface area contributed by atoms with E-state index in [1.54, 1.807) is 24.3 Å². The second-order valence-corrected chi connectivity index (χ2v) is 7.18. The Labute approximate surface area is 170 Å². The zero-order valence-electron chi connectivity index (χ0n) is 15.2. The minimum absolute atomic E-state index is 0.315. The molecule has 0 spiro atoms. The van der Waals surface area contributed by atoms with Crippen LogP contribution in [0.25, 0.3) is 0 Å². The zero-order chi connectivity index (χ0) is 20.6. The minimum Gasteiger partial charge on any atom is -0.454 e. The molecule has 3 aromatic rings. The fourth-order valence-electron chi connectivity index (χ4n) is 2.51. The smallest absolute Gasteiger partial charge is 0.324 e. The fourth-order valence-corrected chi connectivity index (χ4v) is 3.55. The van der Waals surface area contributed by atoms with Crippen LogP contribution in [-0.2, 0) is 14.3 Å². The lowest BCUT2D eigenvalue weighted by atomic mass is 10.1. The van der Waals surface area contributed by atoms with E-state index < -0.39 is 35.4 Å². The highest BCUT2D eigenvalue weighted by molar-refractivity contribution is 8.00. The van der Waals surface area contributed by atoms with E-state index >= 15 is 0 Å². The largest absolute Gasteiger partial charge is 0.454 e. The monoisotopic (exact) mass is 413 g/mol. The fraction of sp³-hybridized carbons (Fsp3) is 0.0909. The molecule has 1 amide bonds. The van der Waals surface area contributed by atoms with Crippen molar-refractivity contribution in [1.29, 1.82) is 0 Å². The molecule has 0 aliphatic carbocycles. The van der Waals surface area contributed by atoms with Crippen molar-refractivity contribution in [2.45, 2.75) is 10.1 Å². The summed E-state index contributed by atoms with van der Waals surface area (Å²) in [4.78, 5) is 25.5. The Balaban J connectivity index is 1.66. The molecule has 1 atom stereocenters. The van der Waals surface area contributed by atoms with Gasteiger partial charge in [0.2, 0.25) is 0 Å². The second kappa shape index (κ2) is 9.84. The molecular weight excluding hydrogens is 396 g/mol. The summed E-state index contributed by atoms with van der Waals surface area (Å²) in [6.07, 6.45) is 0. The van der Waals surface area contributed by atoms with Crippen molar-refractivity contribution in [2.24, 2.45) is 0 Å². The minimum atomic E-state index is -0.784. The second-order valence-electron chi connectivity index (χ2n) is 6.00. The summed E-state index contributed by atoms with van der Waals surface area (Å²) in [5.74, 6) is -2.85. The van der Waals surface area contributed by atoms with Gasteiger partial charge in [-0.3, -0.25) is 9.59 Å². The van der Waals surface area contributed by atoms with Gasteiger partial charge in [-0.15, -0.1) is 11.8 Å². The number of hydrogen-bond acceptors (Lipinski definition) is 4. The highest BCUT2D eigenvalue weighted by atomic mass is 32.2. The maximum Gasteiger partial charge on any atom is 0.324 e. The van der Waals surface area contributed by atoms with Crippen LogP contribution in [0.3, 0.4) is 0 Å². The number of amides is 1. The molecule has 0 saturated heterocycles. The normalized spacial score (nSPS) is 11.5. The first kappa shape index (κ1) is 20.5. The molecule has 29 heavy (non-hydrogen) atoms. The van der Waals surface area contributed by atoms with Gasteiger partial charge in [-0.1, -0.05) is 48.5 Å². The Kier molecular flexibility index (Phi) is 6.97. The first-order valence-electron chi connectivity index (χ1n) is 8.71. The Morgan fingerprint density at radius 1 is 0.931 bits per heavy atom. The lowest BCUT2D eigenvalue weighted by Crippen LogP contribution is -2.23. The summed E-state index contributed by atoms with van der Waals surface area (Å²) >= 11 is 1.29. The van der Waals surface area contributed by atoms with Gasteiger partial charge in [0.05, 0.1) is 5.69 Å². The van der Waals surface area contributed by atoms with E-state index in [1.807, 2.05) is 36.4 Å². The maximum atomic E-state index is 13.6. The van der Waals surface area contributed by atoms with Gasteiger partial charge in [0, 0.05) is 11.0 Å². The molecule has 0 radical (unpaired) electrons. The number of thioether (sulfide) groups is 1. The molecule has 0 fully saturated rings. The highest BCUT2D eigenvalue weighted by Crippen LogP contribution is 2.36. The van der Waals surface area contributed by atoms with Crippen LogP contribution in [0.4, 0.5) is 14.5 Å². The van der Waals surface area contributed by atoms with Gasteiger partial charge in [-0.05, 0) is 29.8 Å². The highest BCUT2D eigenvalue weighted by Gasteiger charge is 2.24. The molecule has 3 rings (SSSR count). The van der Waals surface area contributed by atoms with Crippen LogP contribution in [0.1, 0.15) is 10.8 Å². The number of anilines is 1. The molecule has 0 unspecified atom stereocenters. The summed E-state index contributed by atoms with van der Waals surface area (Å²) in [5, 5.41) is 1.51. The predicted octanol–water partition coefficient (Wildman–Crippen LogP) is 4.98. The first-order chi connectivity index (χ1) is 14.0. The van der Waals surface area contributed by atoms with Crippen molar-refractivity contribution in [3.63, 3.8) is 0 Å². The van der Waals surface area contributed by atoms with Gasteiger partial charge in [-0.25, -0.2) is 8.78 Å². The van der Waals surface area contributed by atoms with Gasteiger partial charge in [0.1, 0.15) is 16.9 Å². The molecule has 0 aliphatic heterocycles. The number of nitrogens with one attached hydrogen (secondary N) is 1. The van der Waals surface area contributed by atoms with Gasteiger partial charge in [0.15, 0.2) is 6.61 Å². The van der Waals surface area contributed by atoms with E-state index in [9.17, 15) is 18.4 Å². The van der Waals surface area contributed by atoms with Gasteiger partial charge in [0.25, 0.3) is 5.91 Å². The van der Waals surface area contributed by atoms with Crippen LogP contribution in [0.5, 0.6) is 0 Å². The molecule has 0 saturated carbocycles. The summed E-state index contributed by atoms with van der Waals surface area (Å²) < 4.78 is 32.0. The molecule has 0 heterocycles. The van der Waals surface area contributed by atoms with Gasteiger partial charge < -0.3 is 10.1 Å². The number of ether oxygens (including phenoxy) is 1. The van der Waals surface area contributed by atoms with Crippen LogP contribution < -0.4 is 5.32 Å². The lowest BCUT2D eigenvalue weighted by Gasteiger charge is -2.16. The molecule has 3 aromatic carbocycles. The topological polar surface area (TPSA) is 55.4 Å². The van der Waals surface area contributed by atoms with Crippen molar-refractivity contribution in [1.82, 2.24) is 0 Å². The van der Waals surface area contributed by atoms with Crippen molar-refractivity contribution < 1.29 is 23.1 Å². The molecular formula is C22H17F2NO3S. The third kappa shape index (κ3) is 5.89. The number of halogens is 2.